The molecule has 0 saturated heterocycles. The number of benzene rings is 1. The van der Waals surface area contributed by atoms with Crippen LogP contribution in [0.2, 0.25) is 0 Å². The monoisotopic (exact) mass is 277 g/mol. The van der Waals surface area contributed by atoms with Gasteiger partial charge in [-0.15, -0.1) is 0 Å². The molecule has 0 spiro atoms. The molecule has 0 saturated carbocycles. The molecule has 20 heavy (non-hydrogen) atoms. The molecule has 1 aromatic rings. The summed E-state index contributed by atoms with van der Waals surface area (Å²) in [6, 6.07) is 5.44. The van der Waals surface area contributed by atoms with Crippen LogP contribution < -0.4 is 11.1 Å². The second-order valence-corrected chi connectivity index (χ2v) is 4.84. The maximum atomic E-state index is 11.9. The fraction of sp³-hybridized carbons (Fsp3) is 0.467. The summed E-state index contributed by atoms with van der Waals surface area (Å²) in [5.74, 6) is -0.0388. The van der Waals surface area contributed by atoms with Crippen molar-refractivity contribution in [3.05, 3.63) is 29.3 Å². The number of anilines is 1. The lowest BCUT2D eigenvalue weighted by Crippen LogP contribution is -2.20. The van der Waals surface area contributed by atoms with Gasteiger partial charge in [-0.25, -0.2) is 0 Å². The van der Waals surface area contributed by atoms with E-state index in [1.807, 2.05) is 19.1 Å². The van der Waals surface area contributed by atoms with Crippen LogP contribution in [0.4, 0.5) is 5.69 Å². The largest absolute Gasteiger partial charge is 0.409 e. The number of amides is 1. The lowest BCUT2D eigenvalue weighted by molar-refractivity contribution is -0.116. The highest BCUT2D eigenvalue weighted by atomic mass is 16.4. The molecule has 0 aliphatic heterocycles. The number of carbonyl (C=O) groups is 1. The summed E-state index contributed by atoms with van der Waals surface area (Å²) in [6.07, 6.45) is 4.72. The number of carbonyl (C=O) groups excluding carboxylic acids is 1. The van der Waals surface area contributed by atoms with Crippen molar-refractivity contribution in [1.82, 2.24) is 0 Å². The van der Waals surface area contributed by atoms with Gasteiger partial charge in [0.2, 0.25) is 5.91 Å². The third-order valence-corrected chi connectivity index (χ3v) is 3.17. The SMILES string of the molecule is CCCCCCC(=O)Nc1cccc(C)c1/C(N)=N/O. The number of hydrogen-bond acceptors (Lipinski definition) is 3. The molecule has 5 heteroatoms. The number of amidine groups is 1. The van der Waals surface area contributed by atoms with E-state index >= 15 is 0 Å². The minimum absolute atomic E-state index is 0.00406. The first-order chi connectivity index (χ1) is 9.60. The standard InChI is InChI=1S/C15H23N3O2/c1-3-4-5-6-10-13(19)17-12-9-7-8-11(2)14(12)15(16)18-20/h7-9,20H,3-6,10H2,1-2H3,(H2,16,18)(H,17,19). The fourth-order valence-corrected chi connectivity index (χ4v) is 2.09. The Balaban J connectivity index is 2.72. The summed E-state index contributed by atoms with van der Waals surface area (Å²) >= 11 is 0. The summed E-state index contributed by atoms with van der Waals surface area (Å²) in [6.45, 7) is 3.99. The van der Waals surface area contributed by atoms with Crippen molar-refractivity contribution >= 4 is 17.4 Å². The Labute approximate surface area is 119 Å². The van der Waals surface area contributed by atoms with Crippen LogP contribution in [0.5, 0.6) is 0 Å². The van der Waals surface area contributed by atoms with Gasteiger partial charge in [0, 0.05) is 12.0 Å². The molecular weight excluding hydrogens is 254 g/mol. The van der Waals surface area contributed by atoms with Crippen molar-refractivity contribution in [2.45, 2.75) is 46.0 Å². The molecule has 1 aromatic carbocycles. The van der Waals surface area contributed by atoms with E-state index in [9.17, 15) is 4.79 Å². The van der Waals surface area contributed by atoms with Gasteiger partial charge in [0.15, 0.2) is 5.84 Å². The third kappa shape index (κ3) is 4.57. The van der Waals surface area contributed by atoms with Gasteiger partial charge in [0.25, 0.3) is 0 Å². The summed E-state index contributed by atoms with van der Waals surface area (Å²) < 4.78 is 0. The number of nitrogens with two attached hydrogens (primary N) is 1. The van der Waals surface area contributed by atoms with Gasteiger partial charge < -0.3 is 16.3 Å². The van der Waals surface area contributed by atoms with Crippen molar-refractivity contribution in [3.8, 4) is 0 Å². The normalized spacial score (nSPS) is 11.4. The highest BCUT2D eigenvalue weighted by molar-refractivity contribution is 6.06. The first kappa shape index (κ1) is 16.0. The van der Waals surface area contributed by atoms with Crippen LogP contribution in [0, 0.1) is 6.92 Å². The van der Waals surface area contributed by atoms with Gasteiger partial charge in [-0.05, 0) is 25.0 Å². The quantitative estimate of drug-likeness (QED) is 0.235. The first-order valence-corrected chi connectivity index (χ1v) is 6.97. The topological polar surface area (TPSA) is 87.7 Å². The zero-order valence-corrected chi connectivity index (χ0v) is 12.1. The Morgan fingerprint density at radius 3 is 2.75 bits per heavy atom. The fourth-order valence-electron chi connectivity index (χ4n) is 2.09. The van der Waals surface area contributed by atoms with E-state index in [0.717, 1.165) is 31.2 Å². The Kier molecular flexibility index (Phi) is 6.56. The van der Waals surface area contributed by atoms with Crippen molar-refractivity contribution in [2.75, 3.05) is 5.32 Å². The van der Waals surface area contributed by atoms with Gasteiger partial charge in [-0.1, -0.05) is 43.5 Å². The molecule has 0 bridgehead atoms. The predicted molar refractivity (Wildman–Crippen MR) is 81.1 cm³/mol. The summed E-state index contributed by atoms with van der Waals surface area (Å²) in [7, 11) is 0. The van der Waals surface area contributed by atoms with E-state index in [2.05, 4.69) is 17.4 Å². The smallest absolute Gasteiger partial charge is 0.224 e. The summed E-state index contributed by atoms with van der Waals surface area (Å²) in [5.41, 5.74) is 7.66. The second-order valence-electron chi connectivity index (χ2n) is 4.84. The minimum Gasteiger partial charge on any atom is -0.409 e. The molecule has 0 unspecified atom stereocenters. The highest BCUT2D eigenvalue weighted by Gasteiger charge is 2.12. The molecule has 0 aliphatic carbocycles. The van der Waals surface area contributed by atoms with Crippen molar-refractivity contribution in [2.24, 2.45) is 10.9 Å². The van der Waals surface area contributed by atoms with Gasteiger partial charge in [0.1, 0.15) is 0 Å². The summed E-state index contributed by atoms with van der Waals surface area (Å²) in [5, 5.41) is 14.7. The second kappa shape index (κ2) is 8.19. The molecular formula is C15H23N3O2. The van der Waals surface area contributed by atoms with Crippen LogP contribution in [-0.2, 0) is 4.79 Å². The Bertz CT molecular complexity index is 484. The molecule has 1 amide bonds. The molecule has 1 rings (SSSR count). The van der Waals surface area contributed by atoms with Crippen LogP contribution in [0.3, 0.4) is 0 Å². The molecule has 0 atom stereocenters. The van der Waals surface area contributed by atoms with Crippen LogP contribution in [-0.4, -0.2) is 17.0 Å². The number of nitrogens with zero attached hydrogens (tertiary/aromatic N) is 1. The van der Waals surface area contributed by atoms with E-state index in [4.69, 9.17) is 10.9 Å². The number of oxime groups is 1. The van der Waals surface area contributed by atoms with Gasteiger partial charge in [-0.2, -0.15) is 0 Å². The van der Waals surface area contributed by atoms with E-state index < -0.39 is 0 Å². The van der Waals surface area contributed by atoms with E-state index in [1.165, 1.54) is 0 Å². The first-order valence-electron chi connectivity index (χ1n) is 6.97. The lowest BCUT2D eigenvalue weighted by Gasteiger charge is -2.12. The van der Waals surface area contributed by atoms with E-state index in [1.54, 1.807) is 6.07 Å². The average Bonchev–Trinajstić information content (AvgIpc) is 2.43. The van der Waals surface area contributed by atoms with Gasteiger partial charge in [-0.3, -0.25) is 4.79 Å². The molecule has 0 heterocycles. The van der Waals surface area contributed by atoms with E-state index in [-0.39, 0.29) is 11.7 Å². The zero-order chi connectivity index (χ0) is 15.0. The van der Waals surface area contributed by atoms with Crippen molar-refractivity contribution < 1.29 is 10.0 Å². The van der Waals surface area contributed by atoms with E-state index in [0.29, 0.717) is 17.7 Å². The molecule has 5 nitrogen and oxygen atoms in total. The molecule has 4 N–H and O–H groups in total. The lowest BCUT2D eigenvalue weighted by atomic mass is 10.1. The van der Waals surface area contributed by atoms with Gasteiger partial charge >= 0.3 is 0 Å². The van der Waals surface area contributed by atoms with Crippen molar-refractivity contribution in [3.63, 3.8) is 0 Å². The van der Waals surface area contributed by atoms with Crippen LogP contribution in [0.1, 0.15) is 50.2 Å². The third-order valence-electron chi connectivity index (χ3n) is 3.17. The Hall–Kier alpha value is -2.04. The minimum atomic E-state index is -0.0429. The van der Waals surface area contributed by atoms with Crippen LogP contribution in [0.15, 0.2) is 23.4 Å². The van der Waals surface area contributed by atoms with Gasteiger partial charge in [0.05, 0.1) is 5.69 Å². The Morgan fingerprint density at radius 2 is 2.10 bits per heavy atom. The number of nitrogens with one attached hydrogen (secondary N) is 1. The summed E-state index contributed by atoms with van der Waals surface area (Å²) in [4.78, 5) is 11.9. The molecule has 0 aromatic heterocycles. The Morgan fingerprint density at radius 1 is 1.35 bits per heavy atom. The highest BCUT2D eigenvalue weighted by Crippen LogP contribution is 2.19. The average molecular weight is 277 g/mol. The van der Waals surface area contributed by atoms with Crippen LogP contribution in [0.25, 0.3) is 0 Å². The molecule has 0 fully saturated rings. The number of aryl methyl sites for hydroxylation is 1. The number of rotatable bonds is 7. The molecule has 110 valence electrons. The number of unbranched alkanes of at least 4 members (excludes halogenated alkanes) is 3. The predicted octanol–water partition coefficient (Wildman–Crippen LogP) is 3.00. The zero-order valence-electron chi connectivity index (χ0n) is 12.1. The van der Waals surface area contributed by atoms with Crippen LogP contribution >= 0.6 is 0 Å². The van der Waals surface area contributed by atoms with Crippen molar-refractivity contribution in [1.29, 1.82) is 0 Å². The maximum Gasteiger partial charge on any atom is 0.224 e. The molecule has 0 radical (unpaired) electrons. The maximum absolute atomic E-state index is 11.9. The molecule has 0 aliphatic rings. The number of hydrogen-bond donors (Lipinski definition) is 3.